The fraction of sp³-hybridized carbons (Fsp3) is 0. The number of carbonyl (C=O) groups is 1. The van der Waals surface area contributed by atoms with Gasteiger partial charge in [0.2, 0.25) is 0 Å². The number of aromatic hydroxyl groups is 1. The molecule has 2 aromatic carbocycles. The molecule has 0 spiro atoms. The zero-order valence-corrected chi connectivity index (χ0v) is 10.2. The molecular formula is C14H10FN3O2. The molecule has 0 aromatic heterocycles. The molecule has 2 aromatic rings. The molecule has 0 aliphatic carbocycles. The summed E-state index contributed by atoms with van der Waals surface area (Å²) in [5.74, 6) is -1.53. The molecule has 0 fully saturated rings. The average molecular weight is 271 g/mol. The van der Waals surface area contributed by atoms with Gasteiger partial charge in [-0.2, -0.15) is 5.26 Å². The second kappa shape index (κ2) is 5.28. The molecule has 0 radical (unpaired) electrons. The van der Waals surface area contributed by atoms with Crippen LogP contribution in [-0.2, 0) is 0 Å². The van der Waals surface area contributed by atoms with E-state index in [1.807, 2.05) is 0 Å². The number of hydrogen-bond donors (Lipinski definition) is 3. The predicted octanol–water partition coefficient (Wildman–Crippen LogP) is 2.24. The summed E-state index contributed by atoms with van der Waals surface area (Å²) in [5.41, 5.74) is 5.82. The third-order valence-electron chi connectivity index (χ3n) is 2.64. The molecule has 4 N–H and O–H groups in total. The number of nitriles is 1. The van der Waals surface area contributed by atoms with Crippen LogP contribution >= 0.6 is 0 Å². The lowest BCUT2D eigenvalue weighted by Gasteiger charge is -2.07. The van der Waals surface area contributed by atoms with Gasteiger partial charge in [0, 0.05) is 5.56 Å². The van der Waals surface area contributed by atoms with E-state index in [2.05, 4.69) is 5.32 Å². The summed E-state index contributed by atoms with van der Waals surface area (Å²) in [7, 11) is 0. The highest BCUT2D eigenvalue weighted by atomic mass is 19.1. The molecule has 0 unspecified atom stereocenters. The van der Waals surface area contributed by atoms with Gasteiger partial charge in [0.05, 0.1) is 23.0 Å². The monoisotopic (exact) mass is 271 g/mol. The van der Waals surface area contributed by atoms with Crippen molar-refractivity contribution in [1.29, 1.82) is 5.26 Å². The SMILES string of the molecule is N#Cc1ccc(NC(=O)c2ccc(N)c(O)c2)c(F)c1. The second-order valence-corrected chi connectivity index (χ2v) is 4.03. The van der Waals surface area contributed by atoms with Crippen molar-refractivity contribution in [3.05, 3.63) is 53.3 Å². The Morgan fingerprint density at radius 1 is 1.30 bits per heavy atom. The normalized spacial score (nSPS) is 9.80. The van der Waals surface area contributed by atoms with Crippen molar-refractivity contribution in [3.63, 3.8) is 0 Å². The van der Waals surface area contributed by atoms with E-state index in [9.17, 15) is 14.3 Å². The molecule has 6 heteroatoms. The molecule has 0 aliphatic rings. The van der Waals surface area contributed by atoms with E-state index in [0.717, 1.165) is 6.07 Å². The van der Waals surface area contributed by atoms with Gasteiger partial charge >= 0.3 is 0 Å². The topological polar surface area (TPSA) is 99.1 Å². The van der Waals surface area contributed by atoms with Gasteiger partial charge in [0.1, 0.15) is 11.6 Å². The van der Waals surface area contributed by atoms with Gasteiger partial charge in [-0.05, 0) is 36.4 Å². The first-order chi connectivity index (χ1) is 9.51. The molecular weight excluding hydrogens is 261 g/mol. The lowest BCUT2D eigenvalue weighted by molar-refractivity contribution is 0.102. The summed E-state index contributed by atoms with van der Waals surface area (Å²) in [6, 6.07) is 9.47. The fourth-order valence-electron chi connectivity index (χ4n) is 1.57. The maximum atomic E-state index is 13.6. The number of halogens is 1. The Bertz CT molecular complexity index is 723. The van der Waals surface area contributed by atoms with Crippen LogP contribution in [0, 0.1) is 17.1 Å². The highest BCUT2D eigenvalue weighted by molar-refractivity contribution is 6.04. The lowest BCUT2D eigenvalue weighted by Crippen LogP contribution is -2.13. The van der Waals surface area contributed by atoms with E-state index in [4.69, 9.17) is 11.0 Å². The third kappa shape index (κ3) is 2.67. The van der Waals surface area contributed by atoms with E-state index < -0.39 is 11.7 Å². The van der Waals surface area contributed by atoms with E-state index in [0.29, 0.717) is 0 Å². The maximum Gasteiger partial charge on any atom is 0.255 e. The molecule has 0 saturated carbocycles. The number of phenols is 1. The first kappa shape index (κ1) is 13.4. The van der Waals surface area contributed by atoms with Gasteiger partial charge in [-0.1, -0.05) is 0 Å². The maximum absolute atomic E-state index is 13.6. The number of nitrogens with two attached hydrogens (primary N) is 1. The number of benzene rings is 2. The van der Waals surface area contributed by atoms with Gasteiger partial charge in [0.15, 0.2) is 0 Å². The Kier molecular flexibility index (Phi) is 3.53. The molecule has 5 nitrogen and oxygen atoms in total. The van der Waals surface area contributed by atoms with Crippen molar-refractivity contribution in [2.75, 3.05) is 11.1 Å². The first-order valence-electron chi connectivity index (χ1n) is 5.61. The Morgan fingerprint density at radius 2 is 2.05 bits per heavy atom. The van der Waals surface area contributed by atoms with E-state index in [-0.39, 0.29) is 28.3 Å². The number of hydrogen-bond acceptors (Lipinski definition) is 4. The Morgan fingerprint density at radius 3 is 2.65 bits per heavy atom. The van der Waals surface area contributed by atoms with Crippen LogP contribution in [0.2, 0.25) is 0 Å². The molecule has 0 aliphatic heterocycles. The van der Waals surface area contributed by atoms with Gasteiger partial charge < -0.3 is 16.2 Å². The molecule has 0 bridgehead atoms. The number of phenolic OH excluding ortho intramolecular Hbond substituents is 1. The summed E-state index contributed by atoms with van der Waals surface area (Å²) < 4.78 is 13.6. The molecule has 2 rings (SSSR count). The summed E-state index contributed by atoms with van der Waals surface area (Å²) in [6.45, 7) is 0. The van der Waals surface area contributed by atoms with Crippen molar-refractivity contribution in [2.45, 2.75) is 0 Å². The van der Waals surface area contributed by atoms with Crippen molar-refractivity contribution in [2.24, 2.45) is 0 Å². The number of nitrogens with one attached hydrogen (secondary N) is 1. The van der Waals surface area contributed by atoms with Gasteiger partial charge in [-0.3, -0.25) is 4.79 Å². The Balaban J connectivity index is 2.23. The van der Waals surface area contributed by atoms with E-state index in [1.165, 1.54) is 30.3 Å². The van der Waals surface area contributed by atoms with Crippen LogP contribution in [0.5, 0.6) is 5.75 Å². The number of anilines is 2. The van der Waals surface area contributed by atoms with Crippen LogP contribution in [0.25, 0.3) is 0 Å². The first-order valence-corrected chi connectivity index (χ1v) is 5.61. The molecule has 0 heterocycles. The van der Waals surface area contributed by atoms with E-state index >= 15 is 0 Å². The highest BCUT2D eigenvalue weighted by Crippen LogP contribution is 2.22. The molecule has 1 amide bonds. The minimum atomic E-state index is -0.711. The third-order valence-corrected chi connectivity index (χ3v) is 2.64. The fourth-order valence-corrected chi connectivity index (χ4v) is 1.57. The Hall–Kier alpha value is -3.07. The van der Waals surface area contributed by atoms with Crippen LogP contribution in [0.3, 0.4) is 0 Å². The molecule has 0 atom stereocenters. The summed E-state index contributed by atoms with van der Waals surface area (Å²) in [5, 5.41) is 20.4. The van der Waals surface area contributed by atoms with Gasteiger partial charge in [-0.25, -0.2) is 4.39 Å². The van der Waals surface area contributed by atoms with Crippen molar-refractivity contribution < 1.29 is 14.3 Å². The smallest absolute Gasteiger partial charge is 0.255 e. The number of amides is 1. The average Bonchev–Trinajstić information content (AvgIpc) is 2.43. The van der Waals surface area contributed by atoms with Crippen molar-refractivity contribution in [1.82, 2.24) is 0 Å². The van der Waals surface area contributed by atoms with Crippen LogP contribution < -0.4 is 11.1 Å². The number of nitrogens with zero attached hydrogens (tertiary/aromatic N) is 1. The standard InChI is InChI=1S/C14H10FN3O2/c15-10-5-8(7-16)1-4-12(10)18-14(20)9-2-3-11(17)13(19)6-9/h1-6,19H,17H2,(H,18,20). The van der Waals surface area contributed by atoms with Crippen LogP contribution in [0.15, 0.2) is 36.4 Å². The zero-order chi connectivity index (χ0) is 14.7. The van der Waals surface area contributed by atoms with Crippen LogP contribution in [0.1, 0.15) is 15.9 Å². The minimum Gasteiger partial charge on any atom is -0.506 e. The van der Waals surface area contributed by atoms with Crippen molar-refractivity contribution in [3.8, 4) is 11.8 Å². The van der Waals surface area contributed by atoms with Gasteiger partial charge in [0.25, 0.3) is 5.91 Å². The number of rotatable bonds is 2. The molecule has 20 heavy (non-hydrogen) atoms. The summed E-state index contributed by atoms with van der Waals surface area (Å²) in [6.07, 6.45) is 0. The van der Waals surface area contributed by atoms with Gasteiger partial charge in [-0.15, -0.1) is 0 Å². The lowest BCUT2D eigenvalue weighted by atomic mass is 10.1. The Labute approximate surface area is 114 Å². The number of carbonyl (C=O) groups excluding carboxylic acids is 1. The number of nitrogen functional groups attached to an aromatic ring is 1. The predicted molar refractivity (Wildman–Crippen MR) is 71.6 cm³/mol. The summed E-state index contributed by atoms with van der Waals surface area (Å²) in [4.78, 5) is 11.9. The highest BCUT2D eigenvalue weighted by Gasteiger charge is 2.11. The zero-order valence-electron chi connectivity index (χ0n) is 10.2. The van der Waals surface area contributed by atoms with Crippen molar-refractivity contribution >= 4 is 17.3 Å². The van der Waals surface area contributed by atoms with Crippen LogP contribution in [0.4, 0.5) is 15.8 Å². The van der Waals surface area contributed by atoms with E-state index in [1.54, 1.807) is 6.07 Å². The second-order valence-electron chi connectivity index (χ2n) is 4.03. The largest absolute Gasteiger partial charge is 0.506 e. The summed E-state index contributed by atoms with van der Waals surface area (Å²) >= 11 is 0. The minimum absolute atomic E-state index is 0.0506. The quantitative estimate of drug-likeness (QED) is 0.576. The molecule has 0 saturated heterocycles. The van der Waals surface area contributed by atoms with Crippen LogP contribution in [-0.4, -0.2) is 11.0 Å². The molecule has 100 valence electrons.